The van der Waals surface area contributed by atoms with Crippen molar-refractivity contribution < 1.29 is 4.52 Å². The molecule has 0 atom stereocenters. The molecule has 6 heteroatoms. The summed E-state index contributed by atoms with van der Waals surface area (Å²) in [6, 6.07) is 13.5. The second-order valence-electron chi connectivity index (χ2n) is 7.72. The van der Waals surface area contributed by atoms with Gasteiger partial charge in [0.1, 0.15) is 11.5 Å². The number of nitrogens with zero attached hydrogens (tertiary/aromatic N) is 2. The zero-order chi connectivity index (χ0) is 20.5. The highest BCUT2D eigenvalue weighted by atomic mass is 35.5. The van der Waals surface area contributed by atoms with Crippen molar-refractivity contribution in [3.05, 3.63) is 69.4 Å². The molecule has 0 fully saturated rings. The van der Waals surface area contributed by atoms with Crippen molar-refractivity contribution in [1.29, 1.82) is 0 Å². The summed E-state index contributed by atoms with van der Waals surface area (Å²) < 4.78 is 5.41. The molecule has 28 heavy (non-hydrogen) atoms. The molecule has 0 aliphatic heterocycles. The molecular weight excluding hydrogens is 393 g/mol. The minimum atomic E-state index is 0.114. The summed E-state index contributed by atoms with van der Waals surface area (Å²) in [4.78, 5) is 0. The molecule has 0 saturated carbocycles. The van der Waals surface area contributed by atoms with Crippen LogP contribution in [0.4, 0.5) is 5.69 Å². The lowest BCUT2D eigenvalue weighted by atomic mass is 9.87. The number of anilines is 1. The number of hydrogen-bond donors (Lipinski definition) is 1. The Morgan fingerprint density at radius 3 is 2.39 bits per heavy atom. The van der Waals surface area contributed by atoms with E-state index in [1.165, 1.54) is 5.56 Å². The van der Waals surface area contributed by atoms with Crippen molar-refractivity contribution in [3.63, 3.8) is 0 Å². The van der Waals surface area contributed by atoms with Gasteiger partial charge in [-0.3, -0.25) is 5.43 Å². The smallest absolute Gasteiger partial charge is 0.143 e. The Kier molecular flexibility index (Phi) is 5.82. The fourth-order valence-electron chi connectivity index (χ4n) is 2.91. The average molecular weight is 416 g/mol. The Balaban J connectivity index is 1.90. The van der Waals surface area contributed by atoms with E-state index in [0.29, 0.717) is 27.1 Å². The molecule has 0 spiro atoms. The molecule has 1 N–H and O–H groups in total. The van der Waals surface area contributed by atoms with E-state index in [0.717, 1.165) is 17.0 Å². The number of benzene rings is 2. The molecule has 0 amide bonds. The van der Waals surface area contributed by atoms with Crippen molar-refractivity contribution in [2.45, 2.75) is 40.0 Å². The highest BCUT2D eigenvalue weighted by molar-refractivity contribution is 6.35. The number of hydrazone groups is 1. The fraction of sp³-hybridized carbons (Fsp3) is 0.273. The molecule has 0 radical (unpaired) electrons. The minimum absolute atomic E-state index is 0.114. The van der Waals surface area contributed by atoms with Crippen LogP contribution < -0.4 is 5.43 Å². The van der Waals surface area contributed by atoms with E-state index in [4.69, 9.17) is 27.7 Å². The Labute approximate surface area is 175 Å². The number of hydrogen-bond acceptors (Lipinski definition) is 4. The predicted octanol–water partition coefficient (Wildman–Crippen LogP) is 7.09. The van der Waals surface area contributed by atoms with Crippen LogP contribution in [0.1, 0.15) is 44.6 Å². The summed E-state index contributed by atoms with van der Waals surface area (Å²) >= 11 is 12.5. The van der Waals surface area contributed by atoms with Gasteiger partial charge in [0.2, 0.25) is 0 Å². The zero-order valence-corrected chi connectivity index (χ0v) is 18.1. The second-order valence-corrected chi connectivity index (χ2v) is 8.57. The van der Waals surface area contributed by atoms with Gasteiger partial charge < -0.3 is 4.52 Å². The lowest BCUT2D eigenvalue weighted by Gasteiger charge is -2.19. The molecule has 0 saturated heterocycles. The molecule has 1 heterocycles. The highest BCUT2D eigenvalue weighted by Gasteiger charge is 2.20. The first-order valence-electron chi connectivity index (χ1n) is 8.99. The van der Waals surface area contributed by atoms with Crippen molar-refractivity contribution in [2.75, 3.05) is 5.43 Å². The van der Waals surface area contributed by atoms with Gasteiger partial charge >= 0.3 is 0 Å². The second kappa shape index (κ2) is 7.98. The van der Waals surface area contributed by atoms with Gasteiger partial charge in [-0.1, -0.05) is 61.3 Å². The Bertz CT molecular complexity index is 1020. The topological polar surface area (TPSA) is 50.4 Å². The molecule has 0 aliphatic carbocycles. The molecule has 0 bridgehead atoms. The summed E-state index contributed by atoms with van der Waals surface area (Å²) in [6.07, 6.45) is 0. The highest BCUT2D eigenvalue weighted by Crippen LogP contribution is 2.33. The first kappa shape index (κ1) is 20.4. The van der Waals surface area contributed by atoms with Crippen LogP contribution in [0.3, 0.4) is 0 Å². The third-order valence-corrected chi connectivity index (χ3v) is 5.08. The van der Waals surface area contributed by atoms with Crippen LogP contribution in [0.5, 0.6) is 0 Å². The van der Waals surface area contributed by atoms with Crippen molar-refractivity contribution in [2.24, 2.45) is 5.10 Å². The van der Waals surface area contributed by atoms with Crippen LogP contribution in [0.25, 0.3) is 11.3 Å². The fourth-order valence-corrected chi connectivity index (χ4v) is 3.29. The maximum Gasteiger partial charge on any atom is 0.143 e. The van der Waals surface area contributed by atoms with Gasteiger partial charge in [0.05, 0.1) is 22.0 Å². The standard InChI is InChI=1S/C22H23Cl2N3O/c1-13(25-26-17-9-6-15(7-10-17)22(3,4)5)20-14(2)28-27-21(20)18-12-16(23)8-11-19(18)24/h6-12,26H,1-5H3/b25-13+. The zero-order valence-electron chi connectivity index (χ0n) is 16.6. The number of halogens is 2. The van der Waals surface area contributed by atoms with E-state index < -0.39 is 0 Å². The van der Waals surface area contributed by atoms with Gasteiger partial charge in [0.25, 0.3) is 0 Å². The Morgan fingerprint density at radius 2 is 1.75 bits per heavy atom. The first-order valence-corrected chi connectivity index (χ1v) is 9.75. The maximum atomic E-state index is 6.35. The van der Waals surface area contributed by atoms with Gasteiger partial charge in [-0.05, 0) is 55.2 Å². The molecule has 2 aromatic carbocycles. The van der Waals surface area contributed by atoms with Gasteiger partial charge in [-0.15, -0.1) is 0 Å². The SMILES string of the molecule is C/C(=N\Nc1ccc(C(C)(C)C)cc1)c1c(-c2cc(Cl)ccc2Cl)noc1C. The van der Waals surface area contributed by atoms with Gasteiger partial charge in [-0.25, -0.2) is 0 Å². The van der Waals surface area contributed by atoms with Crippen LogP contribution in [0, 0.1) is 6.92 Å². The van der Waals surface area contributed by atoms with Crippen LogP contribution in [-0.2, 0) is 5.41 Å². The van der Waals surface area contributed by atoms with Crippen molar-refractivity contribution in [1.82, 2.24) is 5.16 Å². The molecule has 0 unspecified atom stereocenters. The lowest BCUT2D eigenvalue weighted by molar-refractivity contribution is 0.399. The summed E-state index contributed by atoms with van der Waals surface area (Å²) in [5.74, 6) is 0.664. The molecule has 0 aliphatic rings. The van der Waals surface area contributed by atoms with Gasteiger partial charge in [-0.2, -0.15) is 5.10 Å². The molecule has 3 rings (SSSR count). The molecule has 4 nitrogen and oxygen atoms in total. The third-order valence-electron chi connectivity index (χ3n) is 4.51. The van der Waals surface area contributed by atoms with Crippen LogP contribution in [0.2, 0.25) is 10.0 Å². The summed E-state index contributed by atoms with van der Waals surface area (Å²) in [5, 5.41) is 9.83. The number of aryl methyl sites for hydroxylation is 1. The molecule has 146 valence electrons. The van der Waals surface area contributed by atoms with E-state index in [2.05, 4.69) is 48.6 Å². The lowest BCUT2D eigenvalue weighted by Crippen LogP contribution is -2.10. The quantitative estimate of drug-likeness (QED) is 0.365. The van der Waals surface area contributed by atoms with Crippen LogP contribution in [-0.4, -0.2) is 10.9 Å². The largest absolute Gasteiger partial charge is 0.360 e. The van der Waals surface area contributed by atoms with E-state index in [-0.39, 0.29) is 5.41 Å². The van der Waals surface area contributed by atoms with Gasteiger partial charge in [0, 0.05) is 10.6 Å². The Hall–Kier alpha value is -2.30. The number of aromatic nitrogens is 1. The minimum Gasteiger partial charge on any atom is -0.360 e. The summed E-state index contributed by atoms with van der Waals surface area (Å²) in [7, 11) is 0. The number of rotatable bonds is 4. The van der Waals surface area contributed by atoms with Crippen LogP contribution in [0.15, 0.2) is 52.1 Å². The third kappa shape index (κ3) is 4.40. The van der Waals surface area contributed by atoms with Crippen molar-refractivity contribution in [3.8, 4) is 11.3 Å². The Morgan fingerprint density at radius 1 is 1.07 bits per heavy atom. The maximum absolute atomic E-state index is 6.35. The van der Waals surface area contributed by atoms with E-state index in [1.807, 2.05) is 26.0 Å². The van der Waals surface area contributed by atoms with Crippen molar-refractivity contribution >= 4 is 34.6 Å². The van der Waals surface area contributed by atoms with E-state index >= 15 is 0 Å². The monoisotopic (exact) mass is 415 g/mol. The first-order chi connectivity index (χ1) is 13.2. The number of nitrogens with one attached hydrogen (secondary N) is 1. The van der Waals surface area contributed by atoms with Crippen LogP contribution >= 0.6 is 23.2 Å². The summed E-state index contributed by atoms with van der Waals surface area (Å²) in [5.41, 5.74) is 8.26. The van der Waals surface area contributed by atoms with E-state index in [1.54, 1.807) is 18.2 Å². The molecular formula is C22H23Cl2N3O. The molecule has 3 aromatic rings. The van der Waals surface area contributed by atoms with E-state index in [9.17, 15) is 0 Å². The normalized spacial score (nSPS) is 12.3. The average Bonchev–Trinajstić information content (AvgIpc) is 3.02. The predicted molar refractivity (Wildman–Crippen MR) is 118 cm³/mol. The van der Waals surface area contributed by atoms with Gasteiger partial charge in [0.15, 0.2) is 0 Å². The summed E-state index contributed by atoms with van der Waals surface area (Å²) in [6.45, 7) is 10.3. The molecule has 1 aromatic heterocycles.